The summed E-state index contributed by atoms with van der Waals surface area (Å²) in [5.74, 6) is -2.11. The van der Waals surface area contributed by atoms with Gasteiger partial charge in [-0.3, -0.25) is 37.3 Å². The monoisotopic (exact) mass is 1370 g/mol. The second-order valence-electron chi connectivity index (χ2n) is 26.7. The molecule has 2 unspecified atom stereocenters. The Labute approximate surface area is 568 Å². The number of ether oxygens (including phenoxy) is 4. The summed E-state index contributed by atoms with van der Waals surface area (Å²) in [7, 11) is -9.90. The molecule has 17 nitrogen and oxygen atoms in total. The number of hydrogen-bond donors (Lipinski definition) is 3. The van der Waals surface area contributed by atoms with Crippen LogP contribution in [-0.2, 0) is 65.4 Å². The Morgan fingerprint density at radius 2 is 0.430 bits per heavy atom. The predicted molar refractivity (Wildman–Crippen MR) is 377 cm³/mol. The number of aliphatic hydroxyl groups excluding tert-OH is 1. The lowest BCUT2D eigenvalue weighted by Crippen LogP contribution is -2.30. The Hall–Kier alpha value is -1.94. The number of aliphatic hydroxyl groups is 1. The minimum Gasteiger partial charge on any atom is -0.462 e. The summed E-state index contributed by atoms with van der Waals surface area (Å²) >= 11 is 0. The molecule has 0 rings (SSSR count). The van der Waals surface area contributed by atoms with Crippen LogP contribution in [0.25, 0.3) is 0 Å². The maximum absolute atomic E-state index is 13.1. The van der Waals surface area contributed by atoms with Crippen molar-refractivity contribution in [2.45, 2.75) is 412 Å². The van der Waals surface area contributed by atoms with Crippen LogP contribution in [0, 0.1) is 0 Å². The highest BCUT2D eigenvalue weighted by Gasteiger charge is 2.30. The molecular weight excluding hydrogens is 1220 g/mol. The SMILES string of the molecule is CCCCCCCCCCCCCCCCCCC(=O)O[C@H](COC(=O)CCCCCCCCCCCCCCC)COP(=O)(O)OC[C@@H](O)COP(=O)(O)OC[C@@H](COC(=O)CCCCCCCCCCCCC)OC(=O)CCCCCCCCCCCCCCC. The Kier molecular flexibility index (Phi) is 67.1. The lowest BCUT2D eigenvalue weighted by Gasteiger charge is -2.21. The zero-order valence-electron chi connectivity index (χ0n) is 60.2. The van der Waals surface area contributed by atoms with E-state index in [-0.39, 0.29) is 25.7 Å². The largest absolute Gasteiger partial charge is 0.472 e. The molecule has 0 aliphatic rings. The van der Waals surface area contributed by atoms with Crippen LogP contribution in [0.4, 0.5) is 0 Å². The fourth-order valence-electron chi connectivity index (χ4n) is 11.4. The highest BCUT2D eigenvalue weighted by molar-refractivity contribution is 7.47. The zero-order valence-corrected chi connectivity index (χ0v) is 62.0. The number of phosphoric acid groups is 2. The van der Waals surface area contributed by atoms with E-state index in [1.165, 1.54) is 225 Å². The molecule has 0 bridgehead atoms. The first-order chi connectivity index (χ1) is 45.2. The molecule has 3 N–H and O–H groups in total. The van der Waals surface area contributed by atoms with Gasteiger partial charge in [0.15, 0.2) is 12.2 Å². The van der Waals surface area contributed by atoms with Crippen molar-refractivity contribution in [1.29, 1.82) is 0 Å². The lowest BCUT2D eigenvalue weighted by atomic mass is 10.0. The van der Waals surface area contributed by atoms with Gasteiger partial charge >= 0.3 is 39.5 Å². The Bertz CT molecular complexity index is 1770. The van der Waals surface area contributed by atoms with E-state index in [2.05, 4.69) is 27.7 Å². The number of esters is 4. The summed E-state index contributed by atoms with van der Waals surface area (Å²) < 4.78 is 68.5. The van der Waals surface area contributed by atoms with Crippen molar-refractivity contribution in [3.05, 3.63) is 0 Å². The smallest absolute Gasteiger partial charge is 0.462 e. The van der Waals surface area contributed by atoms with Crippen molar-refractivity contribution < 1.29 is 80.2 Å². The zero-order chi connectivity index (χ0) is 68.2. The van der Waals surface area contributed by atoms with Crippen molar-refractivity contribution in [1.82, 2.24) is 0 Å². The van der Waals surface area contributed by atoms with Crippen molar-refractivity contribution in [2.24, 2.45) is 0 Å². The first-order valence-electron chi connectivity index (χ1n) is 38.8. The quantitative estimate of drug-likeness (QED) is 0.0222. The standard InChI is InChI=1S/C74H144O17P2/c1-5-9-13-17-21-25-29-32-33-34-37-41-45-49-53-57-61-74(79)91-70(65-85-72(77)59-55-51-47-43-39-35-30-26-22-18-14-10-6-2)67-89-93(82,83)87-63-68(75)62-86-92(80,81)88-66-69(64-84-71(76)58-54-50-46-42-38-28-24-20-16-12-8-4)90-73(78)60-56-52-48-44-40-36-31-27-23-19-15-11-7-3/h68-70,75H,5-67H2,1-4H3,(H,80,81)(H,82,83)/t68-,69+,70+/m0/s1. The van der Waals surface area contributed by atoms with Crippen molar-refractivity contribution in [3.63, 3.8) is 0 Å². The van der Waals surface area contributed by atoms with Gasteiger partial charge in [-0.2, -0.15) is 0 Å². The molecule has 5 atom stereocenters. The van der Waals surface area contributed by atoms with Crippen LogP contribution in [0.2, 0.25) is 0 Å². The van der Waals surface area contributed by atoms with E-state index in [0.29, 0.717) is 25.7 Å². The second-order valence-corrected chi connectivity index (χ2v) is 29.6. The summed E-state index contributed by atoms with van der Waals surface area (Å²) in [4.78, 5) is 72.7. The van der Waals surface area contributed by atoms with Crippen LogP contribution < -0.4 is 0 Å². The molecule has 0 radical (unpaired) electrons. The highest BCUT2D eigenvalue weighted by atomic mass is 31.2. The fraction of sp³-hybridized carbons (Fsp3) is 0.946. The van der Waals surface area contributed by atoms with Crippen molar-refractivity contribution >= 4 is 39.5 Å². The third-order valence-corrected chi connectivity index (χ3v) is 19.3. The van der Waals surface area contributed by atoms with Gasteiger partial charge in [0.05, 0.1) is 26.4 Å². The van der Waals surface area contributed by atoms with E-state index in [9.17, 15) is 43.2 Å². The molecule has 93 heavy (non-hydrogen) atoms. The minimum atomic E-state index is -4.95. The molecular formula is C74H144O17P2. The van der Waals surface area contributed by atoms with Crippen LogP contribution >= 0.6 is 15.6 Å². The average Bonchev–Trinajstić information content (AvgIpc) is 3.31. The van der Waals surface area contributed by atoms with Gasteiger partial charge in [0.25, 0.3) is 0 Å². The molecule has 0 aromatic heterocycles. The van der Waals surface area contributed by atoms with Crippen LogP contribution in [-0.4, -0.2) is 96.7 Å². The van der Waals surface area contributed by atoms with Gasteiger partial charge in [0.2, 0.25) is 0 Å². The van der Waals surface area contributed by atoms with Crippen molar-refractivity contribution in [3.8, 4) is 0 Å². The third-order valence-electron chi connectivity index (χ3n) is 17.4. The highest BCUT2D eigenvalue weighted by Crippen LogP contribution is 2.45. The van der Waals surface area contributed by atoms with Crippen molar-refractivity contribution in [2.75, 3.05) is 39.6 Å². The van der Waals surface area contributed by atoms with Crippen LogP contribution in [0.1, 0.15) is 394 Å². The van der Waals surface area contributed by atoms with E-state index in [0.717, 1.165) is 89.9 Å². The van der Waals surface area contributed by atoms with Crippen LogP contribution in [0.15, 0.2) is 0 Å². The maximum Gasteiger partial charge on any atom is 0.472 e. The van der Waals surface area contributed by atoms with Gasteiger partial charge in [-0.1, -0.05) is 342 Å². The molecule has 0 aliphatic carbocycles. The average molecular weight is 1370 g/mol. The van der Waals surface area contributed by atoms with E-state index >= 15 is 0 Å². The third kappa shape index (κ3) is 68.4. The molecule has 0 aliphatic heterocycles. The number of unbranched alkanes of at least 4 members (excludes halogenated alkanes) is 49. The molecule has 0 saturated carbocycles. The van der Waals surface area contributed by atoms with E-state index in [4.69, 9.17) is 37.0 Å². The summed E-state index contributed by atoms with van der Waals surface area (Å²) in [6.45, 7) is 4.98. The second kappa shape index (κ2) is 68.6. The first kappa shape index (κ1) is 91.1. The molecule has 0 amide bonds. The maximum atomic E-state index is 13.1. The Balaban J connectivity index is 5.25. The molecule has 0 aromatic rings. The van der Waals surface area contributed by atoms with E-state index in [1.807, 2.05) is 0 Å². The Morgan fingerprint density at radius 1 is 0.258 bits per heavy atom. The van der Waals surface area contributed by atoms with Gasteiger partial charge in [-0.25, -0.2) is 9.13 Å². The van der Waals surface area contributed by atoms with Gasteiger partial charge in [-0.05, 0) is 25.7 Å². The topological polar surface area (TPSA) is 237 Å². The summed E-state index contributed by atoms with van der Waals surface area (Å²) in [5, 5.41) is 10.6. The number of rotatable bonds is 75. The molecule has 0 fully saturated rings. The van der Waals surface area contributed by atoms with Gasteiger partial charge in [0.1, 0.15) is 19.3 Å². The van der Waals surface area contributed by atoms with E-state index < -0.39 is 97.5 Å². The van der Waals surface area contributed by atoms with Crippen LogP contribution in [0.5, 0.6) is 0 Å². The number of carbonyl (C=O) groups excluding carboxylic acids is 4. The predicted octanol–water partition coefficient (Wildman–Crippen LogP) is 21.8. The molecule has 19 heteroatoms. The first-order valence-corrected chi connectivity index (χ1v) is 41.8. The summed E-state index contributed by atoms with van der Waals surface area (Å²) in [5.41, 5.74) is 0. The molecule has 0 aromatic carbocycles. The van der Waals surface area contributed by atoms with E-state index in [1.54, 1.807) is 0 Å². The summed E-state index contributed by atoms with van der Waals surface area (Å²) in [6, 6.07) is 0. The number of carbonyl (C=O) groups is 4. The molecule has 0 spiro atoms. The fourth-order valence-corrected chi connectivity index (χ4v) is 13.0. The van der Waals surface area contributed by atoms with Gasteiger partial charge < -0.3 is 33.8 Å². The number of phosphoric ester groups is 2. The van der Waals surface area contributed by atoms with Gasteiger partial charge in [-0.15, -0.1) is 0 Å². The molecule has 0 heterocycles. The van der Waals surface area contributed by atoms with Crippen LogP contribution in [0.3, 0.4) is 0 Å². The molecule has 552 valence electrons. The molecule has 0 saturated heterocycles. The lowest BCUT2D eigenvalue weighted by molar-refractivity contribution is -0.161. The van der Waals surface area contributed by atoms with Gasteiger partial charge in [0, 0.05) is 25.7 Å². The normalized spacial score (nSPS) is 13.9. The Morgan fingerprint density at radius 3 is 0.634 bits per heavy atom. The minimum absolute atomic E-state index is 0.108. The number of hydrogen-bond acceptors (Lipinski definition) is 15. The summed E-state index contributed by atoms with van der Waals surface area (Å²) in [6.07, 6.45) is 58.0.